The first-order valence-corrected chi connectivity index (χ1v) is 16.3. The molecule has 0 amide bonds. The summed E-state index contributed by atoms with van der Waals surface area (Å²) >= 11 is 0. The fraction of sp³-hybridized carbons (Fsp3) is 0.536. The lowest BCUT2D eigenvalue weighted by atomic mass is 9.52. The quantitative estimate of drug-likeness (QED) is 0.381. The van der Waals surface area contributed by atoms with Crippen molar-refractivity contribution in [2.45, 2.75) is 55.7 Å². The molecule has 42 heavy (non-hydrogen) atoms. The lowest BCUT2D eigenvalue weighted by molar-refractivity contribution is -0.0185. The zero-order valence-corrected chi connectivity index (χ0v) is 24.6. The minimum atomic E-state index is -3.03. The Bertz CT molecular complexity index is 1590. The third-order valence-electron chi connectivity index (χ3n) is 8.38. The van der Waals surface area contributed by atoms with Gasteiger partial charge in [-0.2, -0.15) is 4.98 Å². The van der Waals surface area contributed by atoms with Crippen molar-refractivity contribution < 1.29 is 17.5 Å². The summed E-state index contributed by atoms with van der Waals surface area (Å²) in [6.45, 7) is 3.25. The molecule has 0 unspecified atom stereocenters. The molecule has 3 aromatic rings. The molecule has 1 saturated carbocycles. The molecule has 1 aliphatic carbocycles. The maximum absolute atomic E-state index is 14.8. The molecular weight excluding hydrogens is 552 g/mol. The van der Waals surface area contributed by atoms with Crippen LogP contribution in [0.1, 0.15) is 37.7 Å². The van der Waals surface area contributed by atoms with Crippen molar-refractivity contribution in [3.05, 3.63) is 42.2 Å². The number of alkyl halides is 1. The van der Waals surface area contributed by atoms with E-state index in [4.69, 9.17) is 33.3 Å². The maximum Gasteiger partial charge on any atom is 0.227 e. The number of halogens is 1. The van der Waals surface area contributed by atoms with E-state index in [1.54, 1.807) is 17.2 Å². The molecule has 3 aliphatic rings. The van der Waals surface area contributed by atoms with Gasteiger partial charge < -0.3 is 19.9 Å². The van der Waals surface area contributed by atoms with Gasteiger partial charge in [-0.1, -0.05) is 6.07 Å². The number of aromatic nitrogens is 3. The van der Waals surface area contributed by atoms with Crippen LogP contribution >= 0.6 is 0 Å². The Morgan fingerprint density at radius 2 is 1.88 bits per heavy atom. The summed E-state index contributed by atoms with van der Waals surface area (Å²) in [4.78, 5) is 17.7. The van der Waals surface area contributed by atoms with E-state index in [1.807, 2.05) is 12.3 Å². The van der Waals surface area contributed by atoms with Gasteiger partial charge in [-0.25, -0.2) is 22.8 Å². The number of hydrogen-bond acceptors (Lipinski definition) is 9. The van der Waals surface area contributed by atoms with Crippen molar-refractivity contribution in [3.63, 3.8) is 0 Å². The number of fused-ring (bicyclic) bond motifs is 1. The number of ether oxygens (including phenoxy) is 1. The molecule has 0 spiro atoms. The highest BCUT2D eigenvalue weighted by molar-refractivity contribution is 7.90. The number of anilines is 4. The van der Waals surface area contributed by atoms with Gasteiger partial charge in [-0.15, -0.1) is 0 Å². The van der Waals surface area contributed by atoms with Crippen molar-refractivity contribution in [2.24, 2.45) is 5.92 Å². The number of nitrogens with one attached hydrogen (secondary N) is 1. The van der Waals surface area contributed by atoms with Crippen molar-refractivity contribution in [3.8, 4) is 0 Å². The van der Waals surface area contributed by atoms with Gasteiger partial charge in [-0.3, -0.25) is 0 Å². The first-order chi connectivity index (χ1) is 19.8. The molecule has 9 nitrogen and oxygen atoms in total. The zero-order chi connectivity index (χ0) is 29.8. The molecule has 0 bridgehead atoms. The molecule has 14 heteroatoms. The number of hydrogen-bond donors (Lipinski definition) is 1. The predicted molar refractivity (Wildman–Crippen MR) is 166 cm³/mol. The largest absolute Gasteiger partial charge is 0.396 e. The van der Waals surface area contributed by atoms with Crippen LogP contribution in [0.15, 0.2) is 36.7 Å². The standard InChI is InChI=1S/C28H32B3FN6O3S/c1-16-18(15-42(2,39)40)13-38(16)23-6-5-19(17-3-4-17)20-11-26(34-12-21(20)23)35-25-7-9-33-27(36-25)37-10-8-24(22(32)14-37)41-28(29,30)31/h5-7,9,11-12,16-18,22,24H,3-4,8,10,13-15H2,1-2H3,(H,33,34,35,36)/t16-,18-,22+,24-/m1/s1. The third kappa shape index (κ3) is 6.39. The van der Waals surface area contributed by atoms with Crippen LogP contribution in [0.3, 0.4) is 0 Å². The molecule has 2 aromatic heterocycles. The number of rotatable bonds is 9. The molecular formula is C28H32B3FN6O3S. The molecule has 3 fully saturated rings. The molecule has 6 rings (SSSR count). The molecule has 4 heterocycles. The highest BCUT2D eigenvalue weighted by atomic mass is 32.2. The van der Waals surface area contributed by atoms with E-state index in [0.29, 0.717) is 43.0 Å². The Kier molecular flexibility index (Phi) is 7.66. The second kappa shape index (κ2) is 11.0. The Labute approximate surface area is 250 Å². The average Bonchev–Trinajstić information content (AvgIpc) is 3.76. The van der Waals surface area contributed by atoms with Crippen LogP contribution in [0.25, 0.3) is 10.8 Å². The van der Waals surface area contributed by atoms with Crippen LogP contribution < -0.4 is 15.1 Å². The minimum Gasteiger partial charge on any atom is -0.396 e. The van der Waals surface area contributed by atoms with Crippen LogP contribution in [0, 0.1) is 5.92 Å². The van der Waals surface area contributed by atoms with E-state index in [0.717, 1.165) is 29.3 Å². The van der Waals surface area contributed by atoms with Gasteiger partial charge in [0.05, 0.1) is 41.9 Å². The zero-order valence-electron chi connectivity index (χ0n) is 23.8. The molecule has 1 N–H and O–H groups in total. The second-order valence-corrected chi connectivity index (χ2v) is 14.1. The summed E-state index contributed by atoms with van der Waals surface area (Å²) in [7, 11) is 13.4. The van der Waals surface area contributed by atoms with E-state index in [-0.39, 0.29) is 24.3 Å². The maximum atomic E-state index is 14.8. The normalized spacial score (nSPS) is 24.9. The Balaban J connectivity index is 1.21. The monoisotopic (exact) mass is 584 g/mol. The highest BCUT2D eigenvalue weighted by Crippen LogP contribution is 2.46. The molecule has 6 radical (unpaired) electrons. The van der Waals surface area contributed by atoms with Gasteiger partial charge >= 0.3 is 0 Å². The predicted octanol–water partition coefficient (Wildman–Crippen LogP) is 2.57. The molecule has 2 saturated heterocycles. The SMILES string of the molecule is [B]C([B])([B])O[C@@H]1CCN(c2nccc(Nc3cc4c(C5CC5)ccc(N5C[C@H](CS(C)(=O)=O)[C@H]5C)c4cn3)n2)C[C@@H]1F. The van der Waals surface area contributed by atoms with Gasteiger partial charge in [0.25, 0.3) is 0 Å². The van der Waals surface area contributed by atoms with Crippen LogP contribution in [0.4, 0.5) is 27.7 Å². The molecule has 1 aromatic carbocycles. The third-order valence-corrected chi connectivity index (χ3v) is 9.41. The summed E-state index contributed by atoms with van der Waals surface area (Å²) in [5.74, 6) is 2.40. The summed E-state index contributed by atoms with van der Waals surface area (Å²) in [6, 6.07) is 8.26. The second-order valence-electron chi connectivity index (χ2n) is 11.9. The number of sulfone groups is 1. The van der Waals surface area contributed by atoms with E-state index in [2.05, 4.69) is 39.2 Å². The summed E-state index contributed by atoms with van der Waals surface area (Å²) in [5.41, 5.74) is 2.36. The molecule has 4 atom stereocenters. The Hall–Kier alpha value is -2.86. The average molecular weight is 584 g/mol. The number of pyridine rings is 1. The highest BCUT2D eigenvalue weighted by Gasteiger charge is 2.39. The Morgan fingerprint density at radius 3 is 2.55 bits per heavy atom. The van der Waals surface area contributed by atoms with Crippen LogP contribution in [0.5, 0.6) is 0 Å². The van der Waals surface area contributed by atoms with Gasteiger partial charge in [0.1, 0.15) is 27.6 Å². The van der Waals surface area contributed by atoms with Crippen LogP contribution in [0.2, 0.25) is 0 Å². The van der Waals surface area contributed by atoms with Crippen molar-refractivity contribution in [1.29, 1.82) is 0 Å². The van der Waals surface area contributed by atoms with Crippen LogP contribution in [-0.2, 0) is 14.6 Å². The fourth-order valence-corrected chi connectivity index (χ4v) is 7.23. The summed E-state index contributed by atoms with van der Waals surface area (Å²) in [6.07, 6.45) is 5.28. The number of nitrogens with zero attached hydrogens (tertiary/aromatic N) is 5. The summed E-state index contributed by atoms with van der Waals surface area (Å²) in [5, 5.41) is 3.58. The first kappa shape index (κ1) is 29.2. The Morgan fingerprint density at radius 1 is 1.10 bits per heavy atom. The minimum absolute atomic E-state index is 0.0198. The van der Waals surface area contributed by atoms with Crippen LogP contribution in [-0.4, -0.2) is 102 Å². The van der Waals surface area contributed by atoms with Gasteiger partial charge in [0.15, 0.2) is 0 Å². The first-order valence-electron chi connectivity index (χ1n) is 14.3. The van der Waals surface area contributed by atoms with E-state index < -0.39 is 27.4 Å². The van der Waals surface area contributed by atoms with E-state index in [9.17, 15) is 12.8 Å². The fourth-order valence-electron chi connectivity index (χ4n) is 6.06. The van der Waals surface area contributed by atoms with E-state index >= 15 is 0 Å². The topological polar surface area (TPSA) is 101 Å². The van der Waals surface area contributed by atoms with Crippen molar-refractivity contribution in [1.82, 2.24) is 15.0 Å². The summed E-state index contributed by atoms with van der Waals surface area (Å²) < 4.78 is 43.8. The molecule has 2 aliphatic heterocycles. The van der Waals surface area contributed by atoms with Crippen molar-refractivity contribution in [2.75, 3.05) is 46.8 Å². The number of piperidine rings is 1. The van der Waals surface area contributed by atoms with Gasteiger partial charge in [0, 0.05) is 54.8 Å². The van der Waals surface area contributed by atoms with Gasteiger partial charge in [-0.05, 0) is 66.6 Å². The molecule has 214 valence electrons. The lowest BCUT2D eigenvalue weighted by Gasteiger charge is -2.48. The van der Waals surface area contributed by atoms with Gasteiger partial charge in [0.2, 0.25) is 5.95 Å². The lowest BCUT2D eigenvalue weighted by Crippen LogP contribution is -2.57. The smallest absolute Gasteiger partial charge is 0.227 e. The number of benzene rings is 1. The van der Waals surface area contributed by atoms with Crippen molar-refractivity contribution >= 4 is 67.4 Å². The van der Waals surface area contributed by atoms with E-state index in [1.165, 1.54) is 11.8 Å².